The second kappa shape index (κ2) is 9.98. The highest BCUT2D eigenvalue weighted by Gasteiger charge is 2.24. The van der Waals surface area contributed by atoms with E-state index in [0.717, 1.165) is 12.1 Å². The van der Waals surface area contributed by atoms with E-state index in [-0.39, 0.29) is 29.0 Å². The number of non-ortho nitro benzene ring substituents is 1. The normalized spacial score (nSPS) is 15.5. The SMILES string of the molecule is CC[C@H](C)O[C@H](CO[PH](=O)NC)CS(=O)(=O)c1ccc([N+](=O)[O-])cc1. The molecule has 1 rings (SSSR count). The van der Waals surface area contributed by atoms with Crippen molar-refractivity contribution in [3.8, 4) is 0 Å². The first kappa shape index (κ1) is 21.7. The molecule has 0 aliphatic rings. The summed E-state index contributed by atoms with van der Waals surface area (Å²) in [6, 6.07) is 4.64. The molecule has 0 fully saturated rings. The summed E-state index contributed by atoms with van der Waals surface area (Å²) in [5.41, 5.74) is -0.192. The molecule has 1 aromatic carbocycles. The van der Waals surface area contributed by atoms with Crippen molar-refractivity contribution in [3.63, 3.8) is 0 Å². The van der Waals surface area contributed by atoms with Crippen LogP contribution in [0.1, 0.15) is 20.3 Å². The smallest absolute Gasteiger partial charge is 0.269 e. The van der Waals surface area contributed by atoms with E-state index in [1.165, 1.54) is 19.2 Å². The van der Waals surface area contributed by atoms with Gasteiger partial charge in [0.05, 0.1) is 34.4 Å². The minimum Gasteiger partial charge on any atom is -0.372 e. The Bertz CT molecular complexity index is 694. The van der Waals surface area contributed by atoms with Gasteiger partial charge in [-0.15, -0.1) is 0 Å². The molecule has 1 N–H and O–H groups in total. The highest BCUT2D eigenvalue weighted by molar-refractivity contribution is 7.91. The number of nitro groups is 1. The second-order valence-corrected chi connectivity index (χ2v) is 8.76. The molecule has 11 heteroatoms. The summed E-state index contributed by atoms with van der Waals surface area (Å²) >= 11 is 0. The van der Waals surface area contributed by atoms with Crippen LogP contribution in [0.4, 0.5) is 5.69 Å². The number of nitrogens with zero attached hydrogens (tertiary/aromatic N) is 1. The maximum Gasteiger partial charge on any atom is 0.269 e. The van der Waals surface area contributed by atoms with Crippen molar-refractivity contribution in [3.05, 3.63) is 34.4 Å². The predicted molar refractivity (Wildman–Crippen MR) is 93.8 cm³/mol. The summed E-state index contributed by atoms with van der Waals surface area (Å²) in [5, 5.41) is 13.1. The fourth-order valence-electron chi connectivity index (χ4n) is 1.91. The third-order valence-electron chi connectivity index (χ3n) is 3.42. The van der Waals surface area contributed by atoms with Gasteiger partial charge < -0.3 is 9.26 Å². The molecule has 1 unspecified atom stereocenters. The molecule has 0 saturated heterocycles. The third-order valence-corrected chi connectivity index (χ3v) is 6.05. The molecule has 0 saturated carbocycles. The predicted octanol–water partition coefficient (Wildman–Crippen LogP) is 2.18. The Hall–Kier alpha value is -1.32. The molecule has 0 bridgehead atoms. The van der Waals surface area contributed by atoms with Crippen LogP contribution in [0.25, 0.3) is 0 Å². The number of nitro benzene ring substituents is 1. The summed E-state index contributed by atoms with van der Waals surface area (Å²) in [6.45, 7) is 3.55. The number of rotatable bonds is 11. The first-order valence-corrected chi connectivity index (χ1v) is 10.6. The average Bonchev–Trinajstić information content (AvgIpc) is 2.58. The molecule has 9 nitrogen and oxygen atoms in total. The summed E-state index contributed by atoms with van der Waals surface area (Å²) in [7, 11) is -4.73. The Morgan fingerprint density at radius 2 is 1.92 bits per heavy atom. The standard InChI is InChI=1S/C14H23N2O7PS/c1-4-11(2)23-13(9-22-24(19)15-3)10-25(20,21)14-7-5-12(6-8-14)16(17)18/h5-8,11,13,24H,4,9-10H2,1-3H3,(H,15,19)/t11-,13+/m0/s1. The van der Waals surface area contributed by atoms with Crippen LogP contribution >= 0.6 is 8.18 Å². The number of ether oxygens (including phenoxy) is 1. The Morgan fingerprint density at radius 1 is 1.32 bits per heavy atom. The van der Waals surface area contributed by atoms with Gasteiger partial charge in [-0.05, 0) is 32.5 Å². The lowest BCUT2D eigenvalue weighted by Gasteiger charge is -2.21. The molecule has 0 aromatic heterocycles. The van der Waals surface area contributed by atoms with Crippen LogP contribution in [0.5, 0.6) is 0 Å². The minimum absolute atomic E-state index is 0.0443. The Labute approximate surface area is 147 Å². The van der Waals surface area contributed by atoms with Crippen LogP contribution in [0.15, 0.2) is 29.2 Å². The van der Waals surface area contributed by atoms with Gasteiger partial charge in [-0.2, -0.15) is 0 Å². The molecular weight excluding hydrogens is 371 g/mol. The molecule has 0 aliphatic carbocycles. The highest BCUT2D eigenvalue weighted by Crippen LogP contribution is 2.21. The van der Waals surface area contributed by atoms with E-state index in [2.05, 4.69) is 5.09 Å². The number of hydrogen-bond donors (Lipinski definition) is 1. The summed E-state index contributed by atoms with van der Waals surface area (Å²) in [6.07, 6.45) is -0.329. The first-order valence-electron chi connectivity index (χ1n) is 7.66. The quantitative estimate of drug-likeness (QED) is 0.344. The van der Waals surface area contributed by atoms with Gasteiger partial charge in [-0.3, -0.25) is 19.8 Å². The van der Waals surface area contributed by atoms with Crippen LogP contribution in [-0.2, 0) is 23.7 Å². The molecule has 0 amide bonds. The largest absolute Gasteiger partial charge is 0.372 e. The van der Waals surface area contributed by atoms with Crippen molar-refractivity contribution in [2.75, 3.05) is 19.4 Å². The van der Waals surface area contributed by atoms with E-state index in [1.807, 2.05) is 6.92 Å². The lowest BCUT2D eigenvalue weighted by Crippen LogP contribution is -2.31. The number of benzene rings is 1. The lowest BCUT2D eigenvalue weighted by molar-refractivity contribution is -0.384. The molecule has 25 heavy (non-hydrogen) atoms. The molecule has 0 aliphatic heterocycles. The summed E-state index contributed by atoms with van der Waals surface area (Å²) < 4.78 is 47.2. The zero-order valence-corrected chi connectivity index (χ0v) is 16.1. The Balaban J connectivity index is 2.91. The average molecular weight is 394 g/mol. The van der Waals surface area contributed by atoms with Crippen LogP contribution < -0.4 is 5.09 Å². The molecule has 142 valence electrons. The topological polar surface area (TPSA) is 125 Å². The number of hydrogen-bond acceptors (Lipinski definition) is 7. The maximum absolute atomic E-state index is 12.5. The van der Waals surface area contributed by atoms with E-state index in [4.69, 9.17) is 9.26 Å². The van der Waals surface area contributed by atoms with Gasteiger partial charge in [-0.1, -0.05) is 6.92 Å². The molecule has 0 heterocycles. The van der Waals surface area contributed by atoms with Crippen molar-refractivity contribution < 1.29 is 27.2 Å². The molecule has 3 atom stereocenters. The summed E-state index contributed by atoms with van der Waals surface area (Å²) in [4.78, 5) is 10.0. The van der Waals surface area contributed by atoms with E-state index in [0.29, 0.717) is 6.42 Å². The van der Waals surface area contributed by atoms with Gasteiger partial charge >= 0.3 is 0 Å². The summed E-state index contributed by atoms with van der Waals surface area (Å²) in [5.74, 6) is -0.381. The van der Waals surface area contributed by atoms with Crippen molar-refractivity contribution in [1.82, 2.24) is 5.09 Å². The van der Waals surface area contributed by atoms with E-state index >= 15 is 0 Å². The van der Waals surface area contributed by atoms with E-state index < -0.39 is 29.0 Å². The van der Waals surface area contributed by atoms with E-state index in [9.17, 15) is 23.1 Å². The second-order valence-electron chi connectivity index (χ2n) is 5.36. The van der Waals surface area contributed by atoms with Crippen LogP contribution in [0.3, 0.4) is 0 Å². The monoisotopic (exact) mass is 394 g/mol. The van der Waals surface area contributed by atoms with Crippen LogP contribution in [-0.4, -0.2) is 45.0 Å². The van der Waals surface area contributed by atoms with Crippen molar-refractivity contribution >= 4 is 23.7 Å². The van der Waals surface area contributed by atoms with Crippen LogP contribution in [0.2, 0.25) is 0 Å². The van der Waals surface area contributed by atoms with Crippen molar-refractivity contribution in [2.45, 2.75) is 37.4 Å². The van der Waals surface area contributed by atoms with Gasteiger partial charge in [0.2, 0.25) is 0 Å². The molecule has 0 radical (unpaired) electrons. The first-order chi connectivity index (χ1) is 11.7. The Morgan fingerprint density at radius 3 is 2.40 bits per heavy atom. The minimum atomic E-state index is -3.75. The van der Waals surface area contributed by atoms with Crippen molar-refractivity contribution in [1.29, 1.82) is 0 Å². The highest BCUT2D eigenvalue weighted by atomic mass is 32.2. The Kier molecular flexibility index (Phi) is 8.67. The fraction of sp³-hybridized carbons (Fsp3) is 0.571. The number of sulfone groups is 1. The van der Waals surface area contributed by atoms with Gasteiger partial charge in [0.15, 0.2) is 9.84 Å². The van der Waals surface area contributed by atoms with Crippen molar-refractivity contribution in [2.24, 2.45) is 0 Å². The zero-order valence-electron chi connectivity index (χ0n) is 14.3. The molecular formula is C14H23N2O7PS. The van der Waals surface area contributed by atoms with Gasteiger partial charge in [0, 0.05) is 12.1 Å². The number of nitrogens with one attached hydrogen (secondary N) is 1. The van der Waals surface area contributed by atoms with Crippen LogP contribution in [0, 0.1) is 10.1 Å². The third kappa shape index (κ3) is 7.21. The van der Waals surface area contributed by atoms with Gasteiger partial charge in [0.1, 0.15) is 0 Å². The molecule has 1 aromatic rings. The maximum atomic E-state index is 12.5. The lowest BCUT2D eigenvalue weighted by atomic mass is 10.3. The fourth-order valence-corrected chi connectivity index (χ4v) is 3.80. The zero-order chi connectivity index (χ0) is 19.0. The molecule has 0 spiro atoms. The van der Waals surface area contributed by atoms with E-state index in [1.54, 1.807) is 6.92 Å². The van der Waals surface area contributed by atoms with Gasteiger partial charge in [0.25, 0.3) is 13.9 Å². The van der Waals surface area contributed by atoms with Gasteiger partial charge in [-0.25, -0.2) is 8.42 Å².